The van der Waals surface area contributed by atoms with Crippen LogP contribution in [0.2, 0.25) is 0 Å². The molecular weight excluding hydrogens is 172 g/mol. The van der Waals surface area contributed by atoms with E-state index in [1.807, 2.05) is 26.0 Å². The maximum absolute atomic E-state index is 5.70. The molecule has 3 heteroatoms. The lowest BCUT2D eigenvalue weighted by Gasteiger charge is -2.07. The van der Waals surface area contributed by atoms with E-state index >= 15 is 0 Å². The number of rotatable bonds is 1. The second-order valence-electron chi connectivity index (χ2n) is 2.97. The van der Waals surface area contributed by atoms with Crippen molar-refractivity contribution in [3.05, 3.63) is 29.3 Å². The summed E-state index contributed by atoms with van der Waals surface area (Å²) in [6.07, 6.45) is 0. The van der Waals surface area contributed by atoms with E-state index in [4.69, 9.17) is 11.5 Å². The van der Waals surface area contributed by atoms with Crippen LogP contribution in [0.1, 0.15) is 24.1 Å². The molecule has 0 bridgehead atoms. The molecule has 0 fully saturated rings. The van der Waals surface area contributed by atoms with Crippen molar-refractivity contribution in [1.29, 1.82) is 0 Å². The first kappa shape index (κ1) is 11.3. The van der Waals surface area contributed by atoms with Gasteiger partial charge in [0.1, 0.15) is 0 Å². The van der Waals surface area contributed by atoms with E-state index in [9.17, 15) is 0 Å². The fourth-order valence-corrected chi connectivity index (χ4v) is 1.11. The fraction of sp³-hybridized carbons (Fsp3) is 0.333. The molecule has 68 valence electrons. The van der Waals surface area contributed by atoms with Crippen LogP contribution in [0.15, 0.2) is 18.2 Å². The highest BCUT2D eigenvalue weighted by Gasteiger charge is 1.99. The molecule has 1 aromatic rings. The Bertz CT molecular complexity index is 238. The highest BCUT2D eigenvalue weighted by Crippen LogP contribution is 2.15. The van der Waals surface area contributed by atoms with Crippen LogP contribution in [-0.2, 0) is 0 Å². The molecule has 0 radical (unpaired) electrons. The summed E-state index contributed by atoms with van der Waals surface area (Å²) in [5.74, 6) is 0. The molecule has 1 unspecified atom stereocenters. The second-order valence-corrected chi connectivity index (χ2v) is 2.97. The number of nitrogen functional groups attached to an aromatic ring is 1. The van der Waals surface area contributed by atoms with Crippen LogP contribution in [0.25, 0.3) is 0 Å². The molecule has 0 aliphatic carbocycles. The lowest BCUT2D eigenvalue weighted by atomic mass is 10.1. The van der Waals surface area contributed by atoms with Crippen LogP contribution in [-0.4, -0.2) is 0 Å². The molecule has 1 atom stereocenters. The molecule has 0 saturated heterocycles. The number of benzene rings is 1. The van der Waals surface area contributed by atoms with Crippen molar-refractivity contribution < 1.29 is 0 Å². The molecule has 0 aromatic heterocycles. The molecule has 0 saturated carbocycles. The Morgan fingerprint density at radius 2 is 1.83 bits per heavy atom. The van der Waals surface area contributed by atoms with Gasteiger partial charge in [0.05, 0.1) is 0 Å². The molecule has 12 heavy (non-hydrogen) atoms. The lowest BCUT2D eigenvalue weighted by molar-refractivity contribution is 0.817. The smallest absolute Gasteiger partial charge is 0.0320 e. The van der Waals surface area contributed by atoms with Crippen LogP contribution in [0, 0.1) is 6.92 Å². The highest BCUT2D eigenvalue weighted by atomic mass is 35.5. The van der Waals surface area contributed by atoms with Gasteiger partial charge in [-0.1, -0.05) is 6.07 Å². The van der Waals surface area contributed by atoms with Crippen molar-refractivity contribution in [2.24, 2.45) is 5.73 Å². The van der Waals surface area contributed by atoms with E-state index in [0.29, 0.717) is 0 Å². The van der Waals surface area contributed by atoms with Gasteiger partial charge in [0.25, 0.3) is 0 Å². The zero-order valence-electron chi connectivity index (χ0n) is 7.37. The van der Waals surface area contributed by atoms with E-state index in [0.717, 1.165) is 16.8 Å². The number of hydrogen-bond acceptors (Lipinski definition) is 2. The predicted octanol–water partition coefficient (Wildman–Crippen LogP) is 2.02. The van der Waals surface area contributed by atoms with E-state index in [-0.39, 0.29) is 18.4 Å². The largest absolute Gasteiger partial charge is 0.399 e. The van der Waals surface area contributed by atoms with Crippen molar-refractivity contribution >= 4 is 18.1 Å². The SMILES string of the molecule is Cc1cc(N)cc(C(C)N)c1.Cl. The number of nitrogens with two attached hydrogens (primary N) is 2. The molecule has 4 N–H and O–H groups in total. The van der Waals surface area contributed by atoms with Crippen LogP contribution in [0.3, 0.4) is 0 Å². The molecule has 0 amide bonds. The van der Waals surface area contributed by atoms with Crippen LogP contribution >= 0.6 is 12.4 Å². The maximum atomic E-state index is 5.70. The molecule has 2 nitrogen and oxygen atoms in total. The summed E-state index contributed by atoms with van der Waals surface area (Å²) in [5, 5.41) is 0. The van der Waals surface area contributed by atoms with E-state index in [1.165, 1.54) is 0 Å². The van der Waals surface area contributed by atoms with Gasteiger partial charge in [0, 0.05) is 11.7 Å². The predicted molar refractivity (Wildman–Crippen MR) is 55.4 cm³/mol. The third-order valence-corrected chi connectivity index (χ3v) is 1.65. The highest BCUT2D eigenvalue weighted by molar-refractivity contribution is 5.85. The quantitative estimate of drug-likeness (QED) is 0.660. The van der Waals surface area contributed by atoms with Gasteiger partial charge in [-0.05, 0) is 37.1 Å². The third-order valence-electron chi connectivity index (χ3n) is 1.65. The van der Waals surface area contributed by atoms with Gasteiger partial charge >= 0.3 is 0 Å². The first-order valence-electron chi connectivity index (χ1n) is 3.72. The van der Waals surface area contributed by atoms with Crippen molar-refractivity contribution in [3.8, 4) is 0 Å². The summed E-state index contributed by atoms with van der Waals surface area (Å²) >= 11 is 0. The monoisotopic (exact) mass is 186 g/mol. The number of hydrogen-bond donors (Lipinski definition) is 2. The second kappa shape index (κ2) is 4.33. The summed E-state index contributed by atoms with van der Waals surface area (Å²) in [6, 6.07) is 5.97. The minimum absolute atomic E-state index is 0. The number of aryl methyl sites for hydroxylation is 1. The van der Waals surface area contributed by atoms with Crippen molar-refractivity contribution in [3.63, 3.8) is 0 Å². The third kappa shape index (κ3) is 2.72. The van der Waals surface area contributed by atoms with Gasteiger partial charge in [0.2, 0.25) is 0 Å². The average Bonchev–Trinajstić information content (AvgIpc) is 1.85. The Labute approximate surface area is 79.4 Å². The summed E-state index contributed by atoms with van der Waals surface area (Å²) in [7, 11) is 0. The van der Waals surface area contributed by atoms with Crippen LogP contribution in [0.5, 0.6) is 0 Å². The van der Waals surface area contributed by atoms with Crippen molar-refractivity contribution in [2.75, 3.05) is 5.73 Å². The molecule has 0 aliphatic heterocycles. The van der Waals surface area contributed by atoms with E-state index in [2.05, 4.69) is 6.07 Å². The Morgan fingerprint density at radius 1 is 1.25 bits per heavy atom. The first-order valence-corrected chi connectivity index (χ1v) is 3.72. The standard InChI is InChI=1S/C9H14N2.ClH/c1-6-3-8(7(2)10)5-9(11)4-6;/h3-5,7H,10-11H2,1-2H3;1H. The number of halogens is 1. The molecule has 1 rings (SSSR count). The minimum atomic E-state index is 0. The summed E-state index contributed by atoms with van der Waals surface area (Å²) in [6.45, 7) is 3.97. The minimum Gasteiger partial charge on any atom is -0.399 e. The summed E-state index contributed by atoms with van der Waals surface area (Å²) in [4.78, 5) is 0. The van der Waals surface area contributed by atoms with E-state index in [1.54, 1.807) is 0 Å². The van der Waals surface area contributed by atoms with Gasteiger partial charge in [-0.15, -0.1) is 12.4 Å². The average molecular weight is 187 g/mol. The Hall–Kier alpha value is -0.730. The van der Waals surface area contributed by atoms with Crippen LogP contribution < -0.4 is 11.5 Å². The number of anilines is 1. The lowest BCUT2D eigenvalue weighted by Crippen LogP contribution is -2.05. The fourth-order valence-electron chi connectivity index (χ4n) is 1.11. The zero-order valence-corrected chi connectivity index (χ0v) is 8.19. The van der Waals surface area contributed by atoms with Crippen LogP contribution in [0.4, 0.5) is 5.69 Å². The zero-order chi connectivity index (χ0) is 8.43. The maximum Gasteiger partial charge on any atom is 0.0320 e. The molecular formula is C9H15ClN2. The Balaban J connectivity index is 0.00000121. The van der Waals surface area contributed by atoms with E-state index < -0.39 is 0 Å². The van der Waals surface area contributed by atoms with Gasteiger partial charge < -0.3 is 11.5 Å². The summed E-state index contributed by atoms with van der Waals surface area (Å²) < 4.78 is 0. The van der Waals surface area contributed by atoms with Crippen molar-refractivity contribution in [1.82, 2.24) is 0 Å². The first-order chi connectivity index (χ1) is 5.09. The molecule has 1 aromatic carbocycles. The topological polar surface area (TPSA) is 52.0 Å². The molecule has 0 heterocycles. The van der Waals surface area contributed by atoms with Gasteiger partial charge in [-0.3, -0.25) is 0 Å². The van der Waals surface area contributed by atoms with Crippen molar-refractivity contribution in [2.45, 2.75) is 19.9 Å². The van der Waals surface area contributed by atoms with Gasteiger partial charge in [0.15, 0.2) is 0 Å². The normalized spacial score (nSPS) is 11.9. The summed E-state index contributed by atoms with van der Waals surface area (Å²) in [5.41, 5.74) is 14.4. The molecule has 0 aliphatic rings. The Morgan fingerprint density at radius 3 is 2.25 bits per heavy atom. The Kier molecular flexibility index (Phi) is 4.07. The van der Waals surface area contributed by atoms with Gasteiger partial charge in [-0.2, -0.15) is 0 Å². The van der Waals surface area contributed by atoms with Gasteiger partial charge in [-0.25, -0.2) is 0 Å². The molecule has 0 spiro atoms.